The number of nitrogens with two attached hydrogens (primary N) is 1. The summed E-state index contributed by atoms with van der Waals surface area (Å²) in [5.41, 5.74) is 8.08. The van der Waals surface area contributed by atoms with E-state index in [1.165, 1.54) is 23.1 Å². The van der Waals surface area contributed by atoms with Gasteiger partial charge in [0.1, 0.15) is 12.2 Å². The van der Waals surface area contributed by atoms with Crippen molar-refractivity contribution in [1.29, 1.82) is 0 Å². The van der Waals surface area contributed by atoms with Gasteiger partial charge in [0.25, 0.3) is 0 Å². The Morgan fingerprint density at radius 3 is 2.81 bits per heavy atom. The van der Waals surface area contributed by atoms with E-state index in [9.17, 15) is 19.5 Å². The average molecular weight is 351 g/mol. The summed E-state index contributed by atoms with van der Waals surface area (Å²) in [6.45, 7) is 1.64. The molecule has 0 aliphatic carbocycles. The first kappa shape index (κ1) is 15.8. The molecule has 0 radical (unpaired) electrons. The van der Waals surface area contributed by atoms with Gasteiger partial charge in [0.2, 0.25) is 11.8 Å². The summed E-state index contributed by atoms with van der Waals surface area (Å²) in [5, 5.41) is 16.1. The van der Waals surface area contributed by atoms with Crippen LogP contribution in [0.1, 0.15) is 43.5 Å². The highest BCUT2D eigenvalue weighted by Gasteiger charge is 2.36. The number of fused-ring (bicyclic) bond motifs is 2. The van der Waals surface area contributed by atoms with E-state index >= 15 is 0 Å². The molecule has 9 heteroatoms. The molecule has 1 unspecified atom stereocenters. The number of carbonyl (C=O) groups is 3. The molecule has 1 aromatic carbocycles. The molecule has 0 spiro atoms. The minimum atomic E-state index is -1.09. The summed E-state index contributed by atoms with van der Waals surface area (Å²) >= 11 is 0. The van der Waals surface area contributed by atoms with Crippen LogP contribution in [0.15, 0.2) is 30.7 Å². The van der Waals surface area contributed by atoms with Crippen LogP contribution in [0.5, 0.6) is 0 Å². The second-order valence-corrected chi connectivity index (χ2v) is 6.00. The fraction of sp³-hybridized carbons (Fsp3) is 0.118. The standard InChI is InChI=1S/C17H13N5O4/c1-7-10(17(25)26)5-22-14(7)13(19-6-20-22)12-9-4-8(15(18)23)2-3-11(9)21-16(12)24/h2-6,12H,1H3,(H2,18,23)(H,21,24)(H,25,26). The molecule has 0 saturated heterocycles. The molecular weight excluding hydrogens is 338 g/mol. The molecule has 2 aromatic heterocycles. The first-order valence-electron chi connectivity index (χ1n) is 7.69. The quantitative estimate of drug-likeness (QED) is 0.641. The molecule has 1 aliphatic heterocycles. The van der Waals surface area contributed by atoms with Gasteiger partial charge in [-0.15, -0.1) is 0 Å². The number of hydrogen-bond acceptors (Lipinski definition) is 5. The number of carboxylic acid groups (broad SMARTS) is 1. The van der Waals surface area contributed by atoms with Gasteiger partial charge in [-0.25, -0.2) is 14.3 Å². The van der Waals surface area contributed by atoms with Gasteiger partial charge < -0.3 is 16.2 Å². The minimum absolute atomic E-state index is 0.0799. The lowest BCUT2D eigenvalue weighted by Gasteiger charge is -2.11. The van der Waals surface area contributed by atoms with E-state index in [-0.39, 0.29) is 17.0 Å². The molecule has 130 valence electrons. The van der Waals surface area contributed by atoms with Crippen LogP contribution in [-0.4, -0.2) is 37.5 Å². The van der Waals surface area contributed by atoms with Gasteiger partial charge >= 0.3 is 5.97 Å². The Kier molecular flexibility index (Phi) is 3.26. The van der Waals surface area contributed by atoms with Gasteiger partial charge in [-0.3, -0.25) is 9.59 Å². The minimum Gasteiger partial charge on any atom is -0.478 e. The molecule has 3 aromatic rings. The number of nitrogens with zero attached hydrogens (tertiary/aromatic N) is 3. The number of carboxylic acids is 1. The maximum Gasteiger partial charge on any atom is 0.337 e. The Hall–Kier alpha value is -3.75. The van der Waals surface area contributed by atoms with Crippen LogP contribution in [0.25, 0.3) is 5.52 Å². The Morgan fingerprint density at radius 2 is 2.12 bits per heavy atom. The van der Waals surface area contributed by atoms with Crippen molar-refractivity contribution in [2.24, 2.45) is 5.73 Å². The van der Waals surface area contributed by atoms with E-state index in [1.807, 2.05) is 0 Å². The van der Waals surface area contributed by atoms with Gasteiger partial charge in [0.05, 0.1) is 16.8 Å². The van der Waals surface area contributed by atoms with Crippen molar-refractivity contribution in [3.63, 3.8) is 0 Å². The largest absolute Gasteiger partial charge is 0.478 e. The maximum absolute atomic E-state index is 12.6. The van der Waals surface area contributed by atoms with E-state index in [4.69, 9.17) is 5.73 Å². The molecule has 2 amide bonds. The predicted octanol–water partition coefficient (Wildman–Crippen LogP) is 0.919. The first-order chi connectivity index (χ1) is 12.4. The van der Waals surface area contributed by atoms with E-state index in [0.29, 0.717) is 28.0 Å². The van der Waals surface area contributed by atoms with Crippen molar-refractivity contribution in [1.82, 2.24) is 14.6 Å². The molecule has 4 N–H and O–H groups in total. The number of hydrogen-bond donors (Lipinski definition) is 3. The third kappa shape index (κ3) is 2.14. The lowest BCUT2D eigenvalue weighted by molar-refractivity contribution is -0.116. The van der Waals surface area contributed by atoms with Crippen molar-refractivity contribution < 1.29 is 19.5 Å². The highest BCUT2D eigenvalue weighted by atomic mass is 16.4. The molecule has 1 aliphatic rings. The number of aromatic carboxylic acids is 1. The number of anilines is 1. The monoisotopic (exact) mass is 351 g/mol. The summed E-state index contributed by atoms with van der Waals surface area (Å²) in [4.78, 5) is 39.7. The average Bonchev–Trinajstić information content (AvgIpc) is 3.11. The second kappa shape index (κ2) is 5.38. The van der Waals surface area contributed by atoms with Gasteiger partial charge in [0, 0.05) is 17.4 Å². The van der Waals surface area contributed by atoms with Gasteiger partial charge in [0.15, 0.2) is 0 Å². The molecule has 0 bridgehead atoms. The molecule has 1 atom stereocenters. The topological polar surface area (TPSA) is 140 Å². The highest BCUT2D eigenvalue weighted by molar-refractivity contribution is 6.07. The smallest absolute Gasteiger partial charge is 0.337 e. The van der Waals surface area contributed by atoms with E-state index in [1.54, 1.807) is 19.1 Å². The highest BCUT2D eigenvalue weighted by Crippen LogP contribution is 2.39. The zero-order valence-electron chi connectivity index (χ0n) is 13.6. The third-order valence-corrected chi connectivity index (χ3v) is 4.53. The van der Waals surface area contributed by atoms with Crippen molar-refractivity contribution in [3.8, 4) is 0 Å². The van der Waals surface area contributed by atoms with Crippen LogP contribution in [0.2, 0.25) is 0 Å². The van der Waals surface area contributed by atoms with Crippen LogP contribution in [0.4, 0.5) is 5.69 Å². The van der Waals surface area contributed by atoms with Gasteiger partial charge in [-0.2, -0.15) is 5.10 Å². The number of rotatable bonds is 3. The fourth-order valence-electron chi connectivity index (χ4n) is 3.30. The number of carbonyl (C=O) groups excluding carboxylic acids is 2. The number of benzene rings is 1. The molecule has 9 nitrogen and oxygen atoms in total. The SMILES string of the molecule is Cc1c(C(=O)O)cn2ncnc(C3C(=O)Nc4ccc(C(N)=O)cc43)c12. The number of primary amides is 1. The van der Waals surface area contributed by atoms with Gasteiger partial charge in [-0.1, -0.05) is 0 Å². The van der Waals surface area contributed by atoms with Crippen molar-refractivity contribution in [2.45, 2.75) is 12.8 Å². The van der Waals surface area contributed by atoms with E-state index in [2.05, 4.69) is 15.4 Å². The first-order valence-corrected chi connectivity index (χ1v) is 7.69. The van der Waals surface area contributed by atoms with Crippen LogP contribution >= 0.6 is 0 Å². The zero-order valence-corrected chi connectivity index (χ0v) is 13.6. The summed E-state index contributed by atoms with van der Waals surface area (Å²) in [5.74, 6) is -2.82. The van der Waals surface area contributed by atoms with Crippen molar-refractivity contribution in [2.75, 3.05) is 5.32 Å². The normalized spacial score (nSPS) is 15.7. The van der Waals surface area contributed by atoms with Crippen LogP contribution in [0, 0.1) is 6.92 Å². The molecule has 3 heterocycles. The van der Waals surface area contributed by atoms with Crippen LogP contribution < -0.4 is 11.1 Å². The molecular formula is C17H13N5O4. The Labute approximate surface area is 146 Å². The lowest BCUT2D eigenvalue weighted by Crippen LogP contribution is -2.16. The molecule has 4 rings (SSSR count). The third-order valence-electron chi connectivity index (χ3n) is 4.53. The van der Waals surface area contributed by atoms with Gasteiger partial charge in [-0.05, 0) is 36.2 Å². The number of aryl methyl sites for hydroxylation is 1. The summed E-state index contributed by atoms with van der Waals surface area (Å²) in [6.07, 6.45) is 2.64. The lowest BCUT2D eigenvalue weighted by atomic mass is 9.93. The van der Waals surface area contributed by atoms with Crippen molar-refractivity contribution >= 4 is 29.0 Å². The molecule has 0 saturated carbocycles. The summed E-state index contributed by atoms with van der Waals surface area (Å²) in [6, 6.07) is 4.69. The summed E-state index contributed by atoms with van der Waals surface area (Å²) < 4.78 is 1.39. The van der Waals surface area contributed by atoms with Crippen LogP contribution in [0.3, 0.4) is 0 Å². The Morgan fingerprint density at radius 1 is 1.35 bits per heavy atom. The second-order valence-electron chi connectivity index (χ2n) is 6.00. The van der Waals surface area contributed by atoms with Crippen molar-refractivity contribution in [3.05, 3.63) is 58.7 Å². The number of aromatic nitrogens is 3. The summed E-state index contributed by atoms with van der Waals surface area (Å²) in [7, 11) is 0. The zero-order chi connectivity index (χ0) is 18.6. The Bertz CT molecular complexity index is 1120. The number of nitrogens with one attached hydrogen (secondary N) is 1. The van der Waals surface area contributed by atoms with E-state index < -0.39 is 17.8 Å². The molecule has 26 heavy (non-hydrogen) atoms. The predicted molar refractivity (Wildman–Crippen MR) is 90.1 cm³/mol. The fourth-order valence-corrected chi connectivity index (χ4v) is 3.30. The Balaban J connectivity index is 1.97. The maximum atomic E-state index is 12.6. The van der Waals surface area contributed by atoms with Crippen LogP contribution in [-0.2, 0) is 4.79 Å². The molecule has 0 fully saturated rings. The van der Waals surface area contributed by atoms with E-state index in [0.717, 1.165) is 0 Å². The number of amides is 2.